The summed E-state index contributed by atoms with van der Waals surface area (Å²) >= 11 is 0. The highest BCUT2D eigenvalue weighted by molar-refractivity contribution is 5.40. The number of hydrogen-bond donors (Lipinski definition) is 1. The Bertz CT molecular complexity index is 318. The third-order valence-corrected chi connectivity index (χ3v) is 2.92. The summed E-state index contributed by atoms with van der Waals surface area (Å²) in [7, 11) is 0. The van der Waals surface area contributed by atoms with Gasteiger partial charge in [-0.3, -0.25) is 0 Å². The van der Waals surface area contributed by atoms with Crippen molar-refractivity contribution in [3.05, 3.63) is 29.8 Å². The molecule has 0 bridgehead atoms. The molecule has 1 heterocycles. The van der Waals surface area contributed by atoms with Crippen LogP contribution in [0.1, 0.15) is 25.8 Å². The maximum atomic E-state index is 5.62. The first-order valence-electron chi connectivity index (χ1n) is 5.23. The lowest BCUT2D eigenvalue weighted by Crippen LogP contribution is -2.51. The molecule has 1 aliphatic heterocycles. The van der Waals surface area contributed by atoms with Crippen LogP contribution in [0.2, 0.25) is 0 Å². The van der Waals surface area contributed by atoms with E-state index in [0.717, 1.165) is 18.9 Å². The van der Waals surface area contributed by atoms with E-state index in [1.54, 1.807) is 0 Å². The first-order valence-corrected chi connectivity index (χ1v) is 5.23. The molecule has 0 radical (unpaired) electrons. The predicted molar refractivity (Wildman–Crippen MR) is 57.6 cm³/mol. The highest BCUT2D eigenvalue weighted by atomic mass is 16.5. The second kappa shape index (κ2) is 3.62. The number of ether oxygens (including phenoxy) is 1. The van der Waals surface area contributed by atoms with Gasteiger partial charge in [-0.05, 0) is 32.9 Å². The Labute approximate surface area is 85.3 Å². The number of para-hydroxylation sites is 1. The Kier molecular flexibility index (Phi) is 2.46. The van der Waals surface area contributed by atoms with Gasteiger partial charge in [0.1, 0.15) is 5.75 Å². The van der Waals surface area contributed by atoms with E-state index in [9.17, 15) is 0 Å². The van der Waals surface area contributed by atoms with Crippen molar-refractivity contribution in [1.29, 1.82) is 0 Å². The largest absolute Gasteiger partial charge is 0.494 e. The molecule has 14 heavy (non-hydrogen) atoms. The van der Waals surface area contributed by atoms with Crippen molar-refractivity contribution in [3.63, 3.8) is 0 Å². The van der Waals surface area contributed by atoms with Gasteiger partial charge in [0, 0.05) is 11.1 Å². The molecule has 1 aliphatic rings. The SMILES string of the molecule is CCOc1ccccc1C1(C)CCN1. The lowest BCUT2D eigenvalue weighted by Gasteiger charge is -2.41. The average Bonchev–Trinajstić information content (AvgIpc) is 2.16. The van der Waals surface area contributed by atoms with Crippen LogP contribution in [0.25, 0.3) is 0 Å². The monoisotopic (exact) mass is 191 g/mol. The fourth-order valence-electron chi connectivity index (χ4n) is 1.93. The van der Waals surface area contributed by atoms with Gasteiger partial charge in [0.05, 0.1) is 6.61 Å². The van der Waals surface area contributed by atoms with E-state index in [1.165, 1.54) is 12.0 Å². The standard InChI is InChI=1S/C12H17NO/c1-3-14-11-7-5-4-6-10(11)12(2)8-9-13-12/h4-7,13H,3,8-9H2,1-2H3. The van der Waals surface area contributed by atoms with Gasteiger partial charge in [0.15, 0.2) is 0 Å². The Morgan fingerprint density at radius 3 is 2.71 bits per heavy atom. The van der Waals surface area contributed by atoms with Gasteiger partial charge in [-0.15, -0.1) is 0 Å². The summed E-state index contributed by atoms with van der Waals surface area (Å²) in [5.41, 5.74) is 1.42. The van der Waals surface area contributed by atoms with Gasteiger partial charge in [0.25, 0.3) is 0 Å². The Balaban J connectivity index is 2.31. The summed E-state index contributed by atoms with van der Waals surface area (Å²) in [5, 5.41) is 3.46. The highest BCUT2D eigenvalue weighted by Crippen LogP contribution is 2.36. The van der Waals surface area contributed by atoms with Gasteiger partial charge >= 0.3 is 0 Å². The van der Waals surface area contributed by atoms with Crippen LogP contribution >= 0.6 is 0 Å². The average molecular weight is 191 g/mol. The molecule has 2 rings (SSSR count). The van der Waals surface area contributed by atoms with Crippen molar-refractivity contribution in [2.45, 2.75) is 25.8 Å². The fraction of sp³-hybridized carbons (Fsp3) is 0.500. The maximum absolute atomic E-state index is 5.62. The molecule has 1 atom stereocenters. The lowest BCUT2D eigenvalue weighted by molar-refractivity contribution is 0.223. The molecule has 2 heteroatoms. The summed E-state index contributed by atoms with van der Waals surface area (Å²) < 4.78 is 5.62. The second-order valence-electron chi connectivity index (χ2n) is 3.94. The molecule has 1 aromatic rings. The van der Waals surface area contributed by atoms with Crippen LogP contribution in [0.5, 0.6) is 5.75 Å². The van der Waals surface area contributed by atoms with Crippen LogP contribution < -0.4 is 10.1 Å². The van der Waals surface area contributed by atoms with Crippen molar-refractivity contribution in [2.75, 3.05) is 13.2 Å². The Hall–Kier alpha value is -1.02. The van der Waals surface area contributed by atoms with Gasteiger partial charge in [-0.2, -0.15) is 0 Å². The van der Waals surface area contributed by atoms with Gasteiger partial charge < -0.3 is 10.1 Å². The lowest BCUT2D eigenvalue weighted by atomic mass is 9.82. The molecule has 0 spiro atoms. The molecule has 2 nitrogen and oxygen atoms in total. The highest BCUT2D eigenvalue weighted by Gasteiger charge is 2.35. The minimum Gasteiger partial charge on any atom is -0.494 e. The van der Waals surface area contributed by atoms with Crippen LogP contribution in [0, 0.1) is 0 Å². The third kappa shape index (κ3) is 1.50. The van der Waals surface area contributed by atoms with Crippen molar-refractivity contribution in [3.8, 4) is 5.75 Å². The predicted octanol–water partition coefficient (Wildman–Crippen LogP) is 2.29. The van der Waals surface area contributed by atoms with Gasteiger partial charge in [-0.1, -0.05) is 18.2 Å². The summed E-state index contributed by atoms with van der Waals surface area (Å²) in [6.07, 6.45) is 1.19. The first-order chi connectivity index (χ1) is 6.76. The molecule has 1 aromatic carbocycles. The van der Waals surface area contributed by atoms with Gasteiger partial charge in [0.2, 0.25) is 0 Å². The van der Waals surface area contributed by atoms with E-state index in [-0.39, 0.29) is 5.54 Å². The number of rotatable bonds is 3. The molecule has 0 saturated carbocycles. The minimum atomic E-state index is 0.131. The number of hydrogen-bond acceptors (Lipinski definition) is 2. The summed E-state index contributed by atoms with van der Waals surface area (Å²) in [6.45, 7) is 6.09. The zero-order valence-corrected chi connectivity index (χ0v) is 8.84. The molecule has 76 valence electrons. The van der Waals surface area contributed by atoms with Crippen molar-refractivity contribution in [1.82, 2.24) is 5.32 Å². The van der Waals surface area contributed by atoms with Crippen LogP contribution in [-0.2, 0) is 5.54 Å². The summed E-state index contributed by atoms with van der Waals surface area (Å²) in [5.74, 6) is 1.02. The molecule has 0 amide bonds. The first kappa shape index (κ1) is 9.53. The van der Waals surface area contributed by atoms with Crippen molar-refractivity contribution >= 4 is 0 Å². The van der Waals surface area contributed by atoms with Gasteiger partial charge in [-0.25, -0.2) is 0 Å². The molecule has 0 aliphatic carbocycles. The molecule has 1 fully saturated rings. The summed E-state index contributed by atoms with van der Waals surface area (Å²) in [6, 6.07) is 8.29. The van der Waals surface area contributed by atoms with Crippen LogP contribution in [0.15, 0.2) is 24.3 Å². The molecule has 1 unspecified atom stereocenters. The Morgan fingerprint density at radius 1 is 1.43 bits per heavy atom. The van der Waals surface area contributed by atoms with E-state index in [1.807, 2.05) is 19.1 Å². The number of nitrogens with one attached hydrogen (secondary N) is 1. The molecule has 0 aromatic heterocycles. The fourth-order valence-corrected chi connectivity index (χ4v) is 1.93. The topological polar surface area (TPSA) is 21.3 Å². The van der Waals surface area contributed by atoms with E-state index >= 15 is 0 Å². The van der Waals surface area contributed by atoms with Crippen LogP contribution in [-0.4, -0.2) is 13.2 Å². The molecular weight excluding hydrogens is 174 g/mol. The normalized spacial score (nSPS) is 25.6. The van der Waals surface area contributed by atoms with E-state index in [4.69, 9.17) is 4.74 Å². The molecular formula is C12H17NO. The van der Waals surface area contributed by atoms with Crippen LogP contribution in [0.3, 0.4) is 0 Å². The van der Waals surface area contributed by atoms with Crippen LogP contribution in [0.4, 0.5) is 0 Å². The quantitative estimate of drug-likeness (QED) is 0.791. The number of benzene rings is 1. The second-order valence-corrected chi connectivity index (χ2v) is 3.94. The third-order valence-electron chi connectivity index (χ3n) is 2.92. The van der Waals surface area contributed by atoms with Crippen molar-refractivity contribution in [2.24, 2.45) is 0 Å². The van der Waals surface area contributed by atoms with E-state index in [0.29, 0.717) is 0 Å². The zero-order valence-electron chi connectivity index (χ0n) is 8.84. The van der Waals surface area contributed by atoms with Crippen molar-refractivity contribution < 1.29 is 4.74 Å². The Morgan fingerprint density at radius 2 is 2.14 bits per heavy atom. The van der Waals surface area contributed by atoms with E-state index < -0.39 is 0 Å². The smallest absolute Gasteiger partial charge is 0.124 e. The minimum absolute atomic E-state index is 0.131. The molecule has 1 saturated heterocycles. The zero-order chi connectivity index (χ0) is 10.0. The molecule has 1 N–H and O–H groups in total. The maximum Gasteiger partial charge on any atom is 0.124 e. The summed E-state index contributed by atoms with van der Waals surface area (Å²) in [4.78, 5) is 0. The van der Waals surface area contributed by atoms with E-state index in [2.05, 4.69) is 24.4 Å².